The number of carbonyl (C=O) groups is 1. The second-order valence-corrected chi connectivity index (χ2v) is 8.08. The van der Waals surface area contributed by atoms with E-state index in [1.165, 1.54) is 17.4 Å². The first-order valence-electron chi connectivity index (χ1n) is 8.39. The number of hydrogen-bond donors (Lipinski definition) is 1. The minimum Gasteiger partial charge on any atom is -0.457 e. The standard InChI is InChI=1S/C21H14Cl2N2O2S/c1-12-2-5-17-19(8-12)28-21(24-17)25-20(26)7-4-16-3-6-18(27-16)13-9-14(22)11-15(23)10-13/h2-11H,1H3,(H,24,25,26)/b7-4+. The number of aromatic nitrogens is 1. The molecule has 0 saturated carbocycles. The van der Waals surface area contributed by atoms with Gasteiger partial charge in [0.05, 0.1) is 10.2 Å². The summed E-state index contributed by atoms with van der Waals surface area (Å²) >= 11 is 13.5. The molecule has 7 heteroatoms. The number of rotatable bonds is 4. The van der Waals surface area contributed by atoms with Gasteiger partial charge in [-0.2, -0.15) is 0 Å². The third-order valence-corrected chi connectivity index (χ3v) is 5.32. The Labute approximate surface area is 175 Å². The summed E-state index contributed by atoms with van der Waals surface area (Å²) in [7, 11) is 0. The van der Waals surface area contributed by atoms with Crippen molar-refractivity contribution in [3.8, 4) is 11.3 Å². The summed E-state index contributed by atoms with van der Waals surface area (Å²) < 4.78 is 6.78. The minimum atomic E-state index is -0.278. The average Bonchev–Trinajstić information content (AvgIpc) is 3.25. The van der Waals surface area contributed by atoms with E-state index in [9.17, 15) is 4.79 Å². The lowest BCUT2D eigenvalue weighted by Gasteiger charge is -1.99. The topological polar surface area (TPSA) is 55.1 Å². The zero-order valence-corrected chi connectivity index (χ0v) is 17.0. The lowest BCUT2D eigenvalue weighted by atomic mass is 10.2. The number of halogens is 2. The molecule has 2 aromatic heterocycles. The first kappa shape index (κ1) is 18.7. The van der Waals surface area contributed by atoms with E-state index in [1.807, 2.05) is 25.1 Å². The SMILES string of the molecule is Cc1ccc2nc(NC(=O)/C=C/c3ccc(-c4cc(Cl)cc(Cl)c4)o3)sc2c1. The molecule has 0 spiro atoms. The van der Waals surface area contributed by atoms with Crippen molar-refractivity contribution in [2.45, 2.75) is 6.92 Å². The molecule has 0 aliphatic carbocycles. The van der Waals surface area contributed by atoms with Crippen molar-refractivity contribution in [1.82, 2.24) is 4.98 Å². The second kappa shape index (κ2) is 7.80. The van der Waals surface area contributed by atoms with Gasteiger partial charge in [0.2, 0.25) is 5.91 Å². The molecule has 0 saturated heterocycles. The molecule has 0 fully saturated rings. The zero-order valence-electron chi connectivity index (χ0n) is 14.7. The molecule has 140 valence electrons. The summed E-state index contributed by atoms with van der Waals surface area (Å²) in [5.41, 5.74) is 2.79. The Balaban J connectivity index is 1.46. The van der Waals surface area contributed by atoms with Crippen LogP contribution in [0.1, 0.15) is 11.3 Å². The van der Waals surface area contributed by atoms with Gasteiger partial charge in [-0.15, -0.1) is 0 Å². The van der Waals surface area contributed by atoms with Crippen LogP contribution < -0.4 is 5.32 Å². The van der Waals surface area contributed by atoms with E-state index >= 15 is 0 Å². The summed E-state index contributed by atoms with van der Waals surface area (Å²) in [6.07, 6.45) is 3.01. The number of nitrogens with zero attached hydrogens (tertiary/aromatic N) is 1. The van der Waals surface area contributed by atoms with Crippen LogP contribution in [0, 0.1) is 6.92 Å². The summed E-state index contributed by atoms with van der Waals surface area (Å²) in [6, 6.07) is 14.7. The van der Waals surface area contributed by atoms with Gasteiger partial charge in [-0.3, -0.25) is 10.1 Å². The van der Waals surface area contributed by atoms with Crippen molar-refractivity contribution >= 4 is 61.9 Å². The minimum absolute atomic E-state index is 0.278. The van der Waals surface area contributed by atoms with Gasteiger partial charge in [0.25, 0.3) is 0 Å². The fourth-order valence-corrected chi connectivity index (χ4v) is 4.18. The zero-order chi connectivity index (χ0) is 19.7. The van der Waals surface area contributed by atoms with Crippen molar-refractivity contribution in [1.29, 1.82) is 0 Å². The highest BCUT2D eigenvalue weighted by molar-refractivity contribution is 7.22. The molecule has 0 unspecified atom stereocenters. The maximum absolute atomic E-state index is 12.2. The Morgan fingerprint density at radius 1 is 1.11 bits per heavy atom. The third-order valence-electron chi connectivity index (χ3n) is 3.95. The summed E-state index contributed by atoms with van der Waals surface area (Å²) in [6.45, 7) is 2.02. The van der Waals surface area contributed by atoms with Gasteiger partial charge in [0, 0.05) is 21.7 Å². The summed E-state index contributed by atoms with van der Waals surface area (Å²) in [5, 5.41) is 4.40. The Hall–Kier alpha value is -2.60. The average molecular weight is 429 g/mol. The molecule has 28 heavy (non-hydrogen) atoms. The number of amides is 1. The van der Waals surface area contributed by atoms with E-state index in [-0.39, 0.29) is 5.91 Å². The third kappa shape index (κ3) is 4.28. The molecule has 0 atom stereocenters. The normalized spacial score (nSPS) is 11.4. The van der Waals surface area contributed by atoms with E-state index in [2.05, 4.69) is 10.3 Å². The van der Waals surface area contributed by atoms with Crippen LogP contribution in [0.3, 0.4) is 0 Å². The van der Waals surface area contributed by atoms with Gasteiger partial charge in [-0.25, -0.2) is 4.98 Å². The Morgan fingerprint density at radius 3 is 2.68 bits per heavy atom. The molecule has 0 aliphatic heterocycles. The molecule has 4 nitrogen and oxygen atoms in total. The number of furan rings is 1. The maximum Gasteiger partial charge on any atom is 0.250 e. The predicted molar refractivity (Wildman–Crippen MR) is 116 cm³/mol. The molecule has 0 bridgehead atoms. The van der Waals surface area contributed by atoms with Crippen molar-refractivity contribution < 1.29 is 9.21 Å². The lowest BCUT2D eigenvalue weighted by molar-refractivity contribution is -0.111. The Morgan fingerprint density at radius 2 is 1.89 bits per heavy atom. The van der Waals surface area contributed by atoms with Crippen LogP contribution in [0.4, 0.5) is 5.13 Å². The fraction of sp³-hybridized carbons (Fsp3) is 0.0476. The van der Waals surface area contributed by atoms with Crippen LogP contribution in [0.2, 0.25) is 10.0 Å². The fourth-order valence-electron chi connectivity index (χ4n) is 2.68. The first-order valence-corrected chi connectivity index (χ1v) is 9.96. The molecule has 2 heterocycles. The number of fused-ring (bicyclic) bond motifs is 1. The molecule has 1 amide bonds. The van der Waals surface area contributed by atoms with Crippen molar-refractivity contribution in [2.75, 3.05) is 5.32 Å². The Kier molecular flexibility index (Phi) is 5.22. The van der Waals surface area contributed by atoms with Crippen molar-refractivity contribution in [3.05, 3.63) is 76.0 Å². The highest BCUT2D eigenvalue weighted by atomic mass is 35.5. The maximum atomic E-state index is 12.2. The highest BCUT2D eigenvalue weighted by Crippen LogP contribution is 2.29. The number of benzene rings is 2. The molecule has 2 aromatic carbocycles. The number of nitrogens with one attached hydrogen (secondary N) is 1. The van der Waals surface area contributed by atoms with Gasteiger partial charge in [0.15, 0.2) is 5.13 Å². The number of aryl methyl sites for hydroxylation is 1. The first-order chi connectivity index (χ1) is 13.5. The molecule has 0 radical (unpaired) electrons. The highest BCUT2D eigenvalue weighted by Gasteiger charge is 2.08. The van der Waals surface area contributed by atoms with Crippen molar-refractivity contribution in [3.63, 3.8) is 0 Å². The predicted octanol–water partition coefficient (Wildman–Crippen LogP) is 6.82. The number of carbonyl (C=O) groups excluding carboxylic acids is 1. The Bertz CT molecular complexity index is 1190. The van der Waals surface area contributed by atoms with Crippen LogP contribution in [0.25, 0.3) is 27.6 Å². The number of thiazole rings is 1. The molecular weight excluding hydrogens is 415 g/mol. The van der Waals surface area contributed by atoms with Crippen LogP contribution >= 0.6 is 34.5 Å². The quantitative estimate of drug-likeness (QED) is 0.362. The summed E-state index contributed by atoms with van der Waals surface area (Å²) in [5.74, 6) is 0.881. The van der Waals surface area contributed by atoms with Crippen LogP contribution in [-0.2, 0) is 4.79 Å². The van der Waals surface area contributed by atoms with Gasteiger partial charge < -0.3 is 4.42 Å². The molecular formula is C21H14Cl2N2O2S. The molecule has 0 aliphatic rings. The van der Waals surface area contributed by atoms with E-state index < -0.39 is 0 Å². The van der Waals surface area contributed by atoms with Gasteiger partial charge in [0.1, 0.15) is 11.5 Å². The lowest BCUT2D eigenvalue weighted by Crippen LogP contribution is -2.07. The van der Waals surface area contributed by atoms with E-state index in [0.29, 0.717) is 26.7 Å². The van der Waals surface area contributed by atoms with E-state index in [0.717, 1.165) is 21.3 Å². The van der Waals surface area contributed by atoms with Gasteiger partial charge in [-0.1, -0.05) is 40.6 Å². The largest absolute Gasteiger partial charge is 0.457 e. The van der Waals surface area contributed by atoms with Crippen LogP contribution in [0.15, 0.2) is 59.0 Å². The van der Waals surface area contributed by atoms with E-state index in [1.54, 1.807) is 36.4 Å². The second-order valence-electron chi connectivity index (χ2n) is 6.17. The monoisotopic (exact) mass is 428 g/mol. The van der Waals surface area contributed by atoms with Crippen molar-refractivity contribution in [2.24, 2.45) is 0 Å². The van der Waals surface area contributed by atoms with Crippen LogP contribution in [-0.4, -0.2) is 10.9 Å². The number of anilines is 1. The molecule has 4 rings (SSSR count). The van der Waals surface area contributed by atoms with Crippen LogP contribution in [0.5, 0.6) is 0 Å². The molecule has 1 N–H and O–H groups in total. The number of hydrogen-bond acceptors (Lipinski definition) is 4. The van der Waals surface area contributed by atoms with E-state index in [4.69, 9.17) is 27.6 Å². The van der Waals surface area contributed by atoms with Gasteiger partial charge in [-0.05, 0) is 61.0 Å². The molecule has 4 aromatic rings. The smallest absolute Gasteiger partial charge is 0.250 e. The van der Waals surface area contributed by atoms with Gasteiger partial charge >= 0.3 is 0 Å². The summed E-state index contributed by atoms with van der Waals surface area (Å²) in [4.78, 5) is 16.6.